The quantitative estimate of drug-likeness (QED) is 0.908. The van der Waals surface area contributed by atoms with Crippen LogP contribution in [0.15, 0.2) is 35.7 Å². The lowest BCUT2D eigenvalue weighted by Crippen LogP contribution is -2.38. The monoisotopic (exact) mass is 328 g/mol. The Kier molecular flexibility index (Phi) is 5.13. The number of aryl methyl sites for hydroxylation is 2. The molecule has 3 rings (SSSR count). The van der Waals surface area contributed by atoms with Gasteiger partial charge >= 0.3 is 0 Å². The molecule has 1 aromatic carbocycles. The Labute approximate surface area is 142 Å². The smallest absolute Gasteiger partial charge is 0.234 e. The van der Waals surface area contributed by atoms with Gasteiger partial charge in [-0.2, -0.15) is 0 Å². The Hall–Kier alpha value is -1.65. The maximum atomic E-state index is 12.4. The number of likely N-dealkylation sites (N-methyl/N-ethyl adjacent to an activating group) is 1. The minimum atomic E-state index is 0.114. The standard InChI is InChI=1S/C19H24N2OS/c1-14-10-11-23-18(14)12-21(2)13-19(22)20-17-9-5-7-15-6-3-4-8-16(15)17/h3-4,6,8,10-11,17H,5,7,9,12-13H2,1-2H3,(H,20,22)/t17-/m1/s1. The molecule has 0 spiro atoms. The van der Waals surface area contributed by atoms with E-state index in [0.29, 0.717) is 6.54 Å². The number of rotatable bonds is 5. The Morgan fingerprint density at radius 3 is 2.96 bits per heavy atom. The van der Waals surface area contributed by atoms with E-state index >= 15 is 0 Å². The van der Waals surface area contributed by atoms with Crippen LogP contribution in [0.25, 0.3) is 0 Å². The zero-order valence-electron chi connectivity index (χ0n) is 13.8. The highest BCUT2D eigenvalue weighted by Gasteiger charge is 2.21. The summed E-state index contributed by atoms with van der Waals surface area (Å²) >= 11 is 1.76. The van der Waals surface area contributed by atoms with Crippen LogP contribution in [0.2, 0.25) is 0 Å². The number of amides is 1. The van der Waals surface area contributed by atoms with Crippen molar-refractivity contribution in [1.82, 2.24) is 10.2 Å². The Balaban J connectivity index is 1.57. The lowest BCUT2D eigenvalue weighted by molar-refractivity contribution is -0.122. The maximum Gasteiger partial charge on any atom is 0.234 e. The molecular weight excluding hydrogens is 304 g/mol. The molecule has 1 atom stereocenters. The van der Waals surface area contributed by atoms with Gasteiger partial charge in [-0.3, -0.25) is 9.69 Å². The lowest BCUT2D eigenvalue weighted by Gasteiger charge is -2.27. The van der Waals surface area contributed by atoms with Crippen LogP contribution in [0.3, 0.4) is 0 Å². The van der Waals surface area contributed by atoms with Crippen molar-refractivity contribution in [3.05, 3.63) is 57.3 Å². The summed E-state index contributed by atoms with van der Waals surface area (Å²) in [6.07, 6.45) is 3.31. The van der Waals surface area contributed by atoms with E-state index in [0.717, 1.165) is 25.8 Å². The van der Waals surface area contributed by atoms with Crippen LogP contribution in [0.5, 0.6) is 0 Å². The van der Waals surface area contributed by atoms with Gasteiger partial charge < -0.3 is 5.32 Å². The van der Waals surface area contributed by atoms with E-state index in [1.807, 2.05) is 7.05 Å². The highest BCUT2D eigenvalue weighted by atomic mass is 32.1. The molecule has 1 aliphatic carbocycles. The SMILES string of the molecule is Cc1ccsc1CN(C)CC(=O)N[C@@H]1CCCc2ccccc21. The van der Waals surface area contributed by atoms with Crippen LogP contribution in [-0.2, 0) is 17.8 Å². The van der Waals surface area contributed by atoms with Crippen molar-refractivity contribution in [1.29, 1.82) is 0 Å². The molecule has 2 aromatic rings. The second-order valence-electron chi connectivity index (χ2n) is 6.41. The van der Waals surface area contributed by atoms with E-state index in [1.54, 1.807) is 11.3 Å². The maximum absolute atomic E-state index is 12.4. The second kappa shape index (κ2) is 7.28. The zero-order chi connectivity index (χ0) is 16.2. The van der Waals surface area contributed by atoms with E-state index in [9.17, 15) is 4.79 Å². The minimum absolute atomic E-state index is 0.114. The van der Waals surface area contributed by atoms with E-state index < -0.39 is 0 Å². The summed E-state index contributed by atoms with van der Waals surface area (Å²) < 4.78 is 0. The molecule has 0 aliphatic heterocycles. The van der Waals surface area contributed by atoms with Gasteiger partial charge in [0, 0.05) is 11.4 Å². The van der Waals surface area contributed by atoms with Gasteiger partial charge in [-0.05, 0) is 61.4 Å². The average molecular weight is 328 g/mol. The average Bonchev–Trinajstić information content (AvgIpc) is 2.92. The number of hydrogen-bond donors (Lipinski definition) is 1. The van der Waals surface area contributed by atoms with Gasteiger partial charge in [-0.1, -0.05) is 24.3 Å². The third-order valence-electron chi connectivity index (χ3n) is 4.50. The van der Waals surface area contributed by atoms with Crippen molar-refractivity contribution in [2.75, 3.05) is 13.6 Å². The van der Waals surface area contributed by atoms with Crippen molar-refractivity contribution in [3.63, 3.8) is 0 Å². The molecule has 122 valence electrons. The van der Waals surface area contributed by atoms with E-state index in [4.69, 9.17) is 0 Å². The number of fused-ring (bicyclic) bond motifs is 1. The number of benzene rings is 1. The molecule has 1 aliphatic rings. The normalized spacial score (nSPS) is 17.1. The molecular formula is C19H24N2OS. The summed E-state index contributed by atoms with van der Waals surface area (Å²) in [5.74, 6) is 0.114. The first-order valence-electron chi connectivity index (χ1n) is 8.22. The number of nitrogens with zero attached hydrogens (tertiary/aromatic N) is 1. The summed E-state index contributed by atoms with van der Waals surface area (Å²) in [6.45, 7) is 3.40. The highest BCUT2D eigenvalue weighted by molar-refractivity contribution is 7.10. The fourth-order valence-electron chi connectivity index (χ4n) is 3.26. The van der Waals surface area contributed by atoms with Gasteiger partial charge in [0.25, 0.3) is 0 Å². The highest BCUT2D eigenvalue weighted by Crippen LogP contribution is 2.29. The topological polar surface area (TPSA) is 32.3 Å². The lowest BCUT2D eigenvalue weighted by atomic mass is 9.88. The van der Waals surface area contributed by atoms with Crippen molar-refractivity contribution >= 4 is 17.2 Å². The Bertz CT molecular complexity index is 680. The number of hydrogen-bond acceptors (Lipinski definition) is 3. The zero-order valence-corrected chi connectivity index (χ0v) is 14.7. The Morgan fingerprint density at radius 1 is 1.35 bits per heavy atom. The van der Waals surface area contributed by atoms with Crippen LogP contribution in [0.1, 0.15) is 40.5 Å². The summed E-state index contributed by atoms with van der Waals surface area (Å²) in [7, 11) is 2.01. The van der Waals surface area contributed by atoms with E-state index in [-0.39, 0.29) is 11.9 Å². The third-order valence-corrected chi connectivity index (χ3v) is 5.51. The van der Waals surface area contributed by atoms with Crippen LogP contribution in [0.4, 0.5) is 0 Å². The van der Waals surface area contributed by atoms with Gasteiger partial charge in [0.15, 0.2) is 0 Å². The minimum Gasteiger partial charge on any atom is -0.348 e. The summed E-state index contributed by atoms with van der Waals surface area (Å²) in [4.78, 5) is 15.8. The first-order chi connectivity index (χ1) is 11.1. The van der Waals surface area contributed by atoms with E-state index in [2.05, 4.69) is 52.9 Å². The molecule has 1 heterocycles. The summed E-state index contributed by atoms with van der Waals surface area (Å²) in [5.41, 5.74) is 3.99. The fraction of sp³-hybridized carbons (Fsp3) is 0.421. The molecule has 0 bridgehead atoms. The summed E-state index contributed by atoms with van der Waals surface area (Å²) in [6, 6.07) is 10.8. The molecule has 3 nitrogen and oxygen atoms in total. The van der Waals surface area contributed by atoms with Crippen LogP contribution >= 0.6 is 11.3 Å². The van der Waals surface area contributed by atoms with Gasteiger partial charge in [0.1, 0.15) is 0 Å². The molecule has 0 unspecified atom stereocenters. The molecule has 0 radical (unpaired) electrons. The van der Waals surface area contributed by atoms with Gasteiger partial charge in [0.05, 0.1) is 12.6 Å². The molecule has 1 aromatic heterocycles. The first kappa shape index (κ1) is 16.2. The van der Waals surface area contributed by atoms with Crippen molar-refractivity contribution < 1.29 is 4.79 Å². The molecule has 23 heavy (non-hydrogen) atoms. The molecule has 1 N–H and O–H groups in total. The van der Waals surface area contributed by atoms with Crippen molar-refractivity contribution in [3.8, 4) is 0 Å². The Morgan fingerprint density at radius 2 is 2.17 bits per heavy atom. The second-order valence-corrected chi connectivity index (χ2v) is 7.41. The molecule has 1 amide bonds. The van der Waals surface area contributed by atoms with Crippen molar-refractivity contribution in [2.24, 2.45) is 0 Å². The van der Waals surface area contributed by atoms with Gasteiger partial charge in [-0.25, -0.2) is 0 Å². The molecule has 0 saturated heterocycles. The van der Waals surface area contributed by atoms with Crippen LogP contribution in [0, 0.1) is 6.92 Å². The largest absolute Gasteiger partial charge is 0.348 e. The number of carbonyl (C=O) groups is 1. The number of nitrogens with one attached hydrogen (secondary N) is 1. The summed E-state index contributed by atoms with van der Waals surface area (Å²) in [5, 5.41) is 5.33. The third kappa shape index (κ3) is 4.01. The van der Waals surface area contributed by atoms with Gasteiger partial charge in [0.2, 0.25) is 5.91 Å². The van der Waals surface area contributed by atoms with E-state index in [1.165, 1.54) is 21.6 Å². The molecule has 0 fully saturated rings. The fourth-order valence-corrected chi connectivity index (χ4v) is 4.24. The van der Waals surface area contributed by atoms with Gasteiger partial charge in [-0.15, -0.1) is 11.3 Å². The number of thiophene rings is 1. The first-order valence-corrected chi connectivity index (χ1v) is 9.10. The predicted molar refractivity (Wildman–Crippen MR) is 95.7 cm³/mol. The van der Waals surface area contributed by atoms with Crippen molar-refractivity contribution in [2.45, 2.75) is 38.8 Å². The van der Waals surface area contributed by atoms with Crippen LogP contribution < -0.4 is 5.32 Å². The predicted octanol–water partition coefficient (Wildman–Crippen LogP) is 3.68. The number of carbonyl (C=O) groups excluding carboxylic acids is 1. The molecule has 0 saturated carbocycles. The molecule has 4 heteroatoms. The van der Waals surface area contributed by atoms with Crippen LogP contribution in [-0.4, -0.2) is 24.4 Å².